The molecule has 2 heterocycles. The Labute approximate surface area is 183 Å². The van der Waals surface area contributed by atoms with Crippen LogP contribution in [0.2, 0.25) is 0 Å². The Kier molecular flexibility index (Phi) is 5.18. The lowest BCUT2D eigenvalue weighted by Gasteiger charge is -2.12. The summed E-state index contributed by atoms with van der Waals surface area (Å²) in [5.41, 5.74) is 1.81. The van der Waals surface area contributed by atoms with Gasteiger partial charge in [-0.25, -0.2) is 0 Å². The van der Waals surface area contributed by atoms with Crippen LogP contribution in [0.3, 0.4) is 0 Å². The molecule has 0 aliphatic rings. The molecule has 5 aromatic rings. The molecule has 2 aromatic heterocycles. The Morgan fingerprint density at radius 3 is 2.48 bits per heavy atom. The maximum atomic E-state index is 12.8. The van der Waals surface area contributed by atoms with E-state index >= 15 is 0 Å². The van der Waals surface area contributed by atoms with Gasteiger partial charge in [0.2, 0.25) is 5.78 Å². The summed E-state index contributed by atoms with van der Waals surface area (Å²) in [6, 6.07) is 26.1. The van der Waals surface area contributed by atoms with E-state index in [1.54, 1.807) is 16.3 Å². The van der Waals surface area contributed by atoms with Crippen LogP contribution in [-0.4, -0.2) is 19.2 Å². The van der Waals surface area contributed by atoms with Gasteiger partial charge in [-0.2, -0.15) is 0 Å². The molecule has 0 spiro atoms. The van der Waals surface area contributed by atoms with Crippen molar-refractivity contribution < 1.29 is 0 Å². The largest absolute Gasteiger partial charge is 0.377 e. The fourth-order valence-corrected chi connectivity index (χ4v) is 4.65. The summed E-state index contributed by atoms with van der Waals surface area (Å²) in [5.74, 6) is 1.32. The molecule has 0 bridgehead atoms. The van der Waals surface area contributed by atoms with Gasteiger partial charge in [-0.05, 0) is 43.3 Å². The minimum atomic E-state index is -0.0397. The molecule has 6 nitrogen and oxygen atoms in total. The highest BCUT2D eigenvalue weighted by Crippen LogP contribution is 2.33. The van der Waals surface area contributed by atoms with Crippen molar-refractivity contribution in [2.24, 2.45) is 0 Å². The molecular formula is C24H21N5OS. The lowest BCUT2D eigenvalue weighted by atomic mass is 10.2. The molecule has 5 rings (SSSR count). The fraction of sp³-hybridized carbons (Fsp3) is 0.125. The lowest BCUT2D eigenvalue weighted by Crippen LogP contribution is -2.23. The van der Waals surface area contributed by atoms with Crippen LogP contribution in [0.4, 0.5) is 5.69 Å². The van der Waals surface area contributed by atoms with Gasteiger partial charge in [0.1, 0.15) is 0 Å². The number of hydrogen-bond donors (Lipinski definition) is 1. The smallest absolute Gasteiger partial charge is 0.262 e. The number of aryl methyl sites for hydroxylation is 1. The van der Waals surface area contributed by atoms with Gasteiger partial charge < -0.3 is 5.32 Å². The van der Waals surface area contributed by atoms with Crippen LogP contribution in [-0.2, 0) is 13.1 Å². The van der Waals surface area contributed by atoms with Crippen LogP contribution in [0.1, 0.15) is 12.7 Å². The molecule has 0 atom stereocenters. The van der Waals surface area contributed by atoms with Crippen molar-refractivity contribution >= 4 is 34.1 Å². The number of para-hydroxylation sites is 2. The first-order valence-electron chi connectivity index (χ1n) is 10.2. The average Bonchev–Trinajstić information content (AvgIpc) is 3.23. The summed E-state index contributed by atoms with van der Waals surface area (Å²) >= 11 is 1.71. The van der Waals surface area contributed by atoms with E-state index in [0.717, 1.165) is 21.9 Å². The first-order valence-corrected chi connectivity index (χ1v) is 11.0. The fourth-order valence-electron chi connectivity index (χ4n) is 3.71. The van der Waals surface area contributed by atoms with Crippen LogP contribution >= 0.6 is 11.8 Å². The molecule has 31 heavy (non-hydrogen) atoms. The number of benzene rings is 3. The quantitative estimate of drug-likeness (QED) is 0.421. The standard InChI is InChI=1S/C24H21N5OS/c1-2-28-23(30)18-12-6-8-14-20(18)29-22(26-27-24(28)29)16-25-19-13-7-9-15-21(19)31-17-10-4-3-5-11-17/h3-15,25H,2,16H2,1H3. The summed E-state index contributed by atoms with van der Waals surface area (Å²) in [4.78, 5) is 15.2. The van der Waals surface area contributed by atoms with E-state index in [2.05, 4.69) is 39.8 Å². The van der Waals surface area contributed by atoms with E-state index in [-0.39, 0.29) is 5.56 Å². The zero-order chi connectivity index (χ0) is 21.2. The Balaban J connectivity index is 1.52. The zero-order valence-electron chi connectivity index (χ0n) is 17.0. The molecule has 3 aromatic carbocycles. The maximum Gasteiger partial charge on any atom is 0.262 e. The molecule has 1 N–H and O–H groups in total. The van der Waals surface area contributed by atoms with E-state index in [1.165, 1.54) is 4.90 Å². The topological polar surface area (TPSA) is 64.2 Å². The minimum absolute atomic E-state index is 0.0397. The van der Waals surface area contributed by atoms with Gasteiger partial charge >= 0.3 is 0 Å². The first-order chi connectivity index (χ1) is 15.3. The van der Waals surface area contributed by atoms with Crippen LogP contribution < -0.4 is 10.9 Å². The molecule has 0 fully saturated rings. The summed E-state index contributed by atoms with van der Waals surface area (Å²) in [5, 5.41) is 12.9. The van der Waals surface area contributed by atoms with Crippen molar-refractivity contribution in [3.63, 3.8) is 0 Å². The lowest BCUT2D eigenvalue weighted by molar-refractivity contribution is 0.734. The highest BCUT2D eigenvalue weighted by atomic mass is 32.2. The SMILES string of the molecule is CCn1c(=O)c2ccccc2n2c(CNc3ccccc3Sc3ccccc3)nnc12. The number of rotatable bonds is 6. The van der Waals surface area contributed by atoms with Gasteiger partial charge in [0.05, 0.1) is 17.4 Å². The molecular weight excluding hydrogens is 406 g/mol. The number of hydrogen-bond acceptors (Lipinski definition) is 5. The Hall–Kier alpha value is -3.58. The van der Waals surface area contributed by atoms with Gasteiger partial charge in [-0.1, -0.05) is 54.2 Å². The monoisotopic (exact) mass is 427 g/mol. The third kappa shape index (κ3) is 3.57. The third-order valence-electron chi connectivity index (χ3n) is 5.19. The minimum Gasteiger partial charge on any atom is -0.377 e. The summed E-state index contributed by atoms with van der Waals surface area (Å²) in [6.45, 7) is 2.97. The van der Waals surface area contributed by atoms with Crippen LogP contribution in [0.5, 0.6) is 0 Å². The summed E-state index contributed by atoms with van der Waals surface area (Å²) < 4.78 is 3.64. The number of anilines is 1. The Morgan fingerprint density at radius 2 is 1.65 bits per heavy atom. The average molecular weight is 428 g/mol. The van der Waals surface area contributed by atoms with Crippen molar-refractivity contribution in [2.75, 3.05) is 5.32 Å². The number of fused-ring (bicyclic) bond motifs is 3. The first kappa shape index (κ1) is 19.4. The van der Waals surface area contributed by atoms with Gasteiger partial charge in [0.25, 0.3) is 5.56 Å². The molecule has 0 saturated carbocycles. The summed E-state index contributed by atoms with van der Waals surface area (Å²) in [7, 11) is 0. The van der Waals surface area contributed by atoms with Crippen molar-refractivity contribution in [2.45, 2.75) is 29.8 Å². The van der Waals surface area contributed by atoms with Crippen LogP contribution in [0, 0.1) is 0 Å². The molecule has 154 valence electrons. The second kappa shape index (κ2) is 8.28. The molecule has 0 amide bonds. The second-order valence-electron chi connectivity index (χ2n) is 7.08. The second-order valence-corrected chi connectivity index (χ2v) is 8.20. The highest BCUT2D eigenvalue weighted by Gasteiger charge is 2.15. The zero-order valence-corrected chi connectivity index (χ0v) is 17.8. The van der Waals surface area contributed by atoms with Crippen molar-refractivity contribution in [3.05, 3.63) is 95.0 Å². The number of nitrogens with one attached hydrogen (secondary N) is 1. The van der Waals surface area contributed by atoms with Gasteiger partial charge in [0.15, 0.2) is 5.82 Å². The van der Waals surface area contributed by atoms with Crippen molar-refractivity contribution in [1.29, 1.82) is 0 Å². The summed E-state index contributed by atoms with van der Waals surface area (Å²) in [6.07, 6.45) is 0. The molecule has 0 radical (unpaired) electrons. The number of nitrogens with zero attached hydrogens (tertiary/aromatic N) is 4. The molecule has 0 aliphatic heterocycles. The molecule has 0 unspecified atom stereocenters. The van der Waals surface area contributed by atoms with E-state index < -0.39 is 0 Å². The van der Waals surface area contributed by atoms with E-state index in [9.17, 15) is 4.79 Å². The normalized spacial score (nSPS) is 11.3. The van der Waals surface area contributed by atoms with E-state index in [0.29, 0.717) is 24.3 Å². The van der Waals surface area contributed by atoms with Gasteiger partial charge in [-0.3, -0.25) is 13.8 Å². The predicted octanol–water partition coefficient (Wildman–Crippen LogP) is 4.83. The highest BCUT2D eigenvalue weighted by molar-refractivity contribution is 7.99. The van der Waals surface area contributed by atoms with E-state index in [1.807, 2.05) is 65.9 Å². The third-order valence-corrected chi connectivity index (χ3v) is 6.27. The Bertz CT molecular complexity index is 1420. The van der Waals surface area contributed by atoms with E-state index in [4.69, 9.17) is 0 Å². The molecule has 0 saturated heterocycles. The van der Waals surface area contributed by atoms with Crippen LogP contribution in [0.25, 0.3) is 16.7 Å². The molecule has 7 heteroatoms. The van der Waals surface area contributed by atoms with Gasteiger partial charge in [0, 0.05) is 22.0 Å². The predicted molar refractivity (Wildman–Crippen MR) is 125 cm³/mol. The molecule has 0 aliphatic carbocycles. The van der Waals surface area contributed by atoms with Crippen molar-refractivity contribution in [3.8, 4) is 0 Å². The van der Waals surface area contributed by atoms with Crippen molar-refractivity contribution in [1.82, 2.24) is 19.2 Å². The number of aromatic nitrogens is 4. The maximum absolute atomic E-state index is 12.8. The van der Waals surface area contributed by atoms with Gasteiger partial charge in [-0.15, -0.1) is 10.2 Å². The Morgan fingerprint density at radius 1 is 0.903 bits per heavy atom. The van der Waals surface area contributed by atoms with Crippen LogP contribution in [0.15, 0.2) is 93.4 Å².